The van der Waals surface area contributed by atoms with E-state index in [1.807, 2.05) is 20.8 Å². The lowest BCUT2D eigenvalue weighted by Gasteiger charge is -2.25. The Kier molecular flexibility index (Phi) is 7.36. The lowest BCUT2D eigenvalue weighted by atomic mass is 9.97. The van der Waals surface area contributed by atoms with Gasteiger partial charge in [-0.05, 0) is 69.0 Å². The van der Waals surface area contributed by atoms with E-state index in [2.05, 4.69) is 17.0 Å². The van der Waals surface area contributed by atoms with Crippen LogP contribution in [0.1, 0.15) is 57.7 Å². The van der Waals surface area contributed by atoms with E-state index < -0.39 is 17.3 Å². The smallest absolute Gasteiger partial charge is 0.418 e. The highest BCUT2D eigenvalue weighted by atomic mass is 19.4. The lowest BCUT2D eigenvalue weighted by molar-refractivity contribution is -0.136. The van der Waals surface area contributed by atoms with Gasteiger partial charge in [-0.15, -0.1) is 0 Å². The summed E-state index contributed by atoms with van der Waals surface area (Å²) in [6, 6.07) is 8.12. The van der Waals surface area contributed by atoms with Gasteiger partial charge in [0.25, 0.3) is 0 Å². The van der Waals surface area contributed by atoms with Crippen molar-refractivity contribution in [1.82, 2.24) is 24.6 Å². The number of carbonyl (C=O) groups excluding carboxylic acids is 1. The van der Waals surface area contributed by atoms with Crippen LogP contribution in [-0.4, -0.2) is 49.9 Å². The van der Waals surface area contributed by atoms with Crippen molar-refractivity contribution in [2.24, 2.45) is 7.05 Å². The van der Waals surface area contributed by atoms with E-state index in [1.165, 1.54) is 4.68 Å². The Bertz CT molecular complexity index is 1470. The average molecular weight is 528 g/mol. The molecule has 0 bridgehead atoms. The largest absolute Gasteiger partial charge is 0.444 e. The molecular formula is C28H32F3N5O2. The van der Waals surface area contributed by atoms with Crippen molar-refractivity contribution >= 4 is 28.0 Å². The summed E-state index contributed by atoms with van der Waals surface area (Å²) in [6.45, 7) is 8.05. The number of nitrogens with zero attached hydrogens (tertiary/aromatic N) is 5. The Hall–Kier alpha value is -3.69. The van der Waals surface area contributed by atoms with E-state index in [1.54, 1.807) is 55.7 Å². The first-order chi connectivity index (χ1) is 17.7. The molecule has 7 nitrogen and oxygen atoms in total. The van der Waals surface area contributed by atoms with Gasteiger partial charge < -0.3 is 9.64 Å². The molecule has 0 saturated heterocycles. The minimum atomic E-state index is -4.53. The number of halogens is 3. The van der Waals surface area contributed by atoms with Crippen LogP contribution in [-0.2, 0) is 18.0 Å². The SMILES string of the molecule is CCC(CCN(C)C(=O)OC(C)(C)C)c1cnc2cc(-c3cc(C(F)(F)F)c4nn(C)cc4c3)ccc2n1. The van der Waals surface area contributed by atoms with Crippen LogP contribution in [0.15, 0.2) is 42.7 Å². The highest BCUT2D eigenvalue weighted by Gasteiger charge is 2.34. The molecule has 38 heavy (non-hydrogen) atoms. The van der Waals surface area contributed by atoms with Gasteiger partial charge >= 0.3 is 12.3 Å². The number of carbonyl (C=O) groups is 1. The maximum absolute atomic E-state index is 13.8. The van der Waals surface area contributed by atoms with Gasteiger partial charge in [-0.1, -0.05) is 13.0 Å². The highest BCUT2D eigenvalue weighted by molar-refractivity contribution is 5.89. The van der Waals surface area contributed by atoms with Crippen LogP contribution in [0.5, 0.6) is 0 Å². The second-order valence-electron chi connectivity index (χ2n) is 10.6. The number of ether oxygens (including phenoxy) is 1. The molecular weight excluding hydrogens is 495 g/mol. The van der Waals surface area contributed by atoms with Crippen molar-refractivity contribution < 1.29 is 22.7 Å². The normalized spacial score (nSPS) is 13.2. The number of alkyl halides is 3. The topological polar surface area (TPSA) is 73.1 Å². The molecule has 0 N–H and O–H groups in total. The highest BCUT2D eigenvalue weighted by Crippen LogP contribution is 2.38. The Morgan fingerprint density at radius 3 is 2.50 bits per heavy atom. The van der Waals surface area contributed by atoms with Crippen LogP contribution in [0, 0.1) is 0 Å². The van der Waals surface area contributed by atoms with Gasteiger partial charge in [0, 0.05) is 44.3 Å². The van der Waals surface area contributed by atoms with E-state index >= 15 is 0 Å². The quantitative estimate of drug-likeness (QED) is 0.271. The molecule has 1 unspecified atom stereocenters. The van der Waals surface area contributed by atoms with Crippen LogP contribution in [0.25, 0.3) is 33.1 Å². The predicted octanol–water partition coefficient (Wildman–Crippen LogP) is 6.95. The van der Waals surface area contributed by atoms with Crippen LogP contribution < -0.4 is 0 Å². The number of rotatable bonds is 6. The number of aryl methyl sites for hydroxylation is 1. The number of fused-ring (bicyclic) bond motifs is 2. The van der Waals surface area contributed by atoms with Crippen LogP contribution in [0.4, 0.5) is 18.0 Å². The number of benzene rings is 2. The lowest BCUT2D eigenvalue weighted by Crippen LogP contribution is -2.35. The molecule has 0 fully saturated rings. The van der Waals surface area contributed by atoms with Gasteiger partial charge in [0.15, 0.2) is 0 Å². The molecule has 2 heterocycles. The fraction of sp³-hybridized carbons (Fsp3) is 0.429. The molecule has 202 valence electrons. The molecule has 4 rings (SSSR count). The Morgan fingerprint density at radius 2 is 1.84 bits per heavy atom. The molecule has 1 amide bonds. The number of hydrogen-bond acceptors (Lipinski definition) is 5. The summed E-state index contributed by atoms with van der Waals surface area (Å²) in [5, 5.41) is 4.41. The molecule has 0 aliphatic rings. The standard InChI is InChI=1S/C28H32F3N5O2/c1-7-17(10-11-35(5)26(37)38-27(2,3)4)24-15-32-23-14-18(8-9-22(23)33-24)19-12-20-16-36(6)34-25(20)21(13-19)28(29,30)31/h8-9,12-17H,7,10-11H2,1-6H3. The molecule has 0 aliphatic heterocycles. The van der Waals surface area contributed by atoms with Crippen molar-refractivity contribution in [2.45, 2.75) is 58.2 Å². The maximum atomic E-state index is 13.8. The van der Waals surface area contributed by atoms with Crippen LogP contribution >= 0.6 is 0 Å². The first-order valence-electron chi connectivity index (χ1n) is 12.5. The molecule has 1 atom stereocenters. The van der Waals surface area contributed by atoms with E-state index in [4.69, 9.17) is 9.72 Å². The first-order valence-corrected chi connectivity index (χ1v) is 12.5. The molecule has 0 spiro atoms. The van der Waals surface area contributed by atoms with Crippen molar-refractivity contribution in [3.8, 4) is 11.1 Å². The molecule has 10 heteroatoms. The van der Waals surface area contributed by atoms with E-state index in [0.29, 0.717) is 40.5 Å². The predicted molar refractivity (Wildman–Crippen MR) is 141 cm³/mol. The van der Waals surface area contributed by atoms with Gasteiger partial charge in [-0.2, -0.15) is 18.3 Å². The molecule has 2 aromatic heterocycles. The summed E-state index contributed by atoms with van der Waals surface area (Å²) < 4.78 is 48.1. The van der Waals surface area contributed by atoms with Gasteiger partial charge in [0.2, 0.25) is 0 Å². The summed E-state index contributed by atoms with van der Waals surface area (Å²) in [5.74, 6) is 0.0822. The first kappa shape index (κ1) is 27.3. The van der Waals surface area contributed by atoms with Gasteiger partial charge in [-0.25, -0.2) is 9.78 Å². The van der Waals surface area contributed by atoms with Gasteiger partial charge in [0.05, 0.1) is 22.3 Å². The second-order valence-corrected chi connectivity index (χ2v) is 10.6. The summed E-state index contributed by atoms with van der Waals surface area (Å²) >= 11 is 0. The minimum absolute atomic E-state index is 0.0723. The number of aromatic nitrogens is 4. The van der Waals surface area contributed by atoms with E-state index in [-0.39, 0.29) is 17.5 Å². The fourth-order valence-electron chi connectivity index (χ4n) is 4.38. The third kappa shape index (κ3) is 6.06. The Morgan fingerprint density at radius 1 is 1.11 bits per heavy atom. The van der Waals surface area contributed by atoms with Crippen LogP contribution in [0.2, 0.25) is 0 Å². The molecule has 0 radical (unpaired) electrons. The zero-order valence-corrected chi connectivity index (χ0v) is 22.4. The summed E-state index contributed by atoms with van der Waals surface area (Å²) in [4.78, 5) is 23.2. The zero-order chi connectivity index (χ0) is 27.8. The third-order valence-corrected chi connectivity index (χ3v) is 6.35. The van der Waals surface area contributed by atoms with Crippen molar-refractivity contribution in [3.63, 3.8) is 0 Å². The van der Waals surface area contributed by atoms with Crippen molar-refractivity contribution in [1.29, 1.82) is 0 Å². The van der Waals surface area contributed by atoms with Crippen LogP contribution in [0.3, 0.4) is 0 Å². The number of hydrogen-bond donors (Lipinski definition) is 0. The molecule has 4 aromatic rings. The van der Waals surface area contributed by atoms with Crippen molar-refractivity contribution in [3.05, 3.63) is 54.0 Å². The summed E-state index contributed by atoms with van der Waals surface area (Å²) in [5.41, 5.74) is 1.70. The molecule has 0 saturated carbocycles. The second kappa shape index (κ2) is 10.2. The van der Waals surface area contributed by atoms with E-state index in [9.17, 15) is 18.0 Å². The fourth-order valence-corrected chi connectivity index (χ4v) is 4.38. The molecule has 0 aliphatic carbocycles. The monoisotopic (exact) mass is 527 g/mol. The Labute approximate surface area is 219 Å². The van der Waals surface area contributed by atoms with E-state index in [0.717, 1.165) is 18.2 Å². The minimum Gasteiger partial charge on any atom is -0.444 e. The maximum Gasteiger partial charge on any atom is 0.418 e. The summed E-state index contributed by atoms with van der Waals surface area (Å²) in [7, 11) is 3.31. The average Bonchev–Trinajstić information content (AvgIpc) is 3.21. The molecule has 2 aromatic carbocycles. The van der Waals surface area contributed by atoms with Gasteiger partial charge in [-0.3, -0.25) is 9.67 Å². The van der Waals surface area contributed by atoms with Gasteiger partial charge in [0.1, 0.15) is 11.1 Å². The third-order valence-electron chi connectivity index (χ3n) is 6.35. The van der Waals surface area contributed by atoms with Crippen molar-refractivity contribution in [2.75, 3.05) is 13.6 Å². The Balaban J connectivity index is 1.58. The zero-order valence-electron chi connectivity index (χ0n) is 22.4. The number of amides is 1. The summed E-state index contributed by atoms with van der Waals surface area (Å²) in [6.07, 6.45) is -0.115.